The van der Waals surface area contributed by atoms with Crippen LogP contribution in [0.15, 0.2) is 188 Å². The number of hydrogen-bond donors (Lipinski definition) is 0. The average molecular weight is 650 g/mol. The average Bonchev–Trinajstić information content (AvgIpc) is 3.84. The third kappa shape index (κ3) is 4.06. The van der Waals surface area contributed by atoms with Crippen LogP contribution < -0.4 is 0 Å². The van der Waals surface area contributed by atoms with Crippen LogP contribution in [0.2, 0.25) is 0 Å². The lowest BCUT2D eigenvalue weighted by molar-refractivity contribution is 1.15. The number of hydrogen-bond acceptors (Lipinski definition) is 0. The summed E-state index contributed by atoms with van der Waals surface area (Å²) in [6, 6.07) is 68.4. The molecule has 0 aliphatic carbocycles. The van der Waals surface area contributed by atoms with Crippen molar-refractivity contribution in [2.45, 2.75) is 0 Å². The molecule has 0 spiro atoms. The summed E-state index contributed by atoms with van der Waals surface area (Å²) in [5.74, 6) is 0. The Hall–Kier alpha value is -6.84. The van der Waals surface area contributed by atoms with E-state index in [-0.39, 0.29) is 0 Å². The van der Waals surface area contributed by atoms with Gasteiger partial charge in [0.25, 0.3) is 0 Å². The summed E-state index contributed by atoms with van der Waals surface area (Å²) in [5, 5.41) is 7.51. The van der Waals surface area contributed by atoms with E-state index in [9.17, 15) is 0 Å². The van der Waals surface area contributed by atoms with Gasteiger partial charge in [0.05, 0.1) is 38.8 Å². The largest absolute Gasteiger partial charge is 0.309 e. The Morgan fingerprint density at radius 1 is 0.255 bits per heavy atom. The Morgan fingerprint density at radius 3 is 1.41 bits per heavy atom. The molecule has 0 aliphatic rings. The maximum atomic E-state index is 2.45. The fourth-order valence-electron chi connectivity index (χ4n) is 8.48. The highest BCUT2D eigenvalue weighted by atomic mass is 15.0. The van der Waals surface area contributed by atoms with Crippen molar-refractivity contribution in [1.82, 2.24) is 13.7 Å². The van der Waals surface area contributed by atoms with Gasteiger partial charge in [0.15, 0.2) is 0 Å². The molecule has 11 aromatic rings. The van der Waals surface area contributed by atoms with Crippen molar-refractivity contribution in [3.8, 4) is 28.2 Å². The Labute approximate surface area is 294 Å². The molecule has 11 rings (SSSR count). The van der Waals surface area contributed by atoms with Gasteiger partial charge in [0.1, 0.15) is 0 Å². The smallest absolute Gasteiger partial charge is 0.0562 e. The molecule has 0 saturated heterocycles. The molecule has 3 heterocycles. The highest BCUT2D eigenvalue weighted by Crippen LogP contribution is 2.41. The number of fused-ring (bicyclic) bond motifs is 9. The van der Waals surface area contributed by atoms with Gasteiger partial charge in [-0.15, -0.1) is 0 Å². The van der Waals surface area contributed by atoms with Crippen LogP contribution in [0.5, 0.6) is 0 Å². The predicted molar refractivity (Wildman–Crippen MR) is 215 cm³/mol. The van der Waals surface area contributed by atoms with Gasteiger partial charge in [-0.2, -0.15) is 0 Å². The highest BCUT2D eigenvalue weighted by Gasteiger charge is 2.20. The molecule has 0 fully saturated rings. The van der Waals surface area contributed by atoms with Gasteiger partial charge in [0, 0.05) is 43.7 Å². The fourth-order valence-corrected chi connectivity index (χ4v) is 8.48. The van der Waals surface area contributed by atoms with E-state index < -0.39 is 0 Å². The van der Waals surface area contributed by atoms with Crippen LogP contribution in [0, 0.1) is 0 Å². The molecule has 3 heteroatoms. The Kier molecular flexibility index (Phi) is 5.96. The highest BCUT2D eigenvalue weighted by molar-refractivity contribution is 6.17. The summed E-state index contributed by atoms with van der Waals surface area (Å²) < 4.78 is 7.33. The van der Waals surface area contributed by atoms with E-state index in [1.54, 1.807) is 0 Å². The van der Waals surface area contributed by atoms with Gasteiger partial charge < -0.3 is 13.7 Å². The first-order valence-electron chi connectivity index (χ1n) is 17.5. The number of para-hydroxylation sites is 4. The SMILES string of the molecule is c1ccc(-c2cccc(-n3c4ccccc4c4ccc(-n5c6ccccc6c6c(-n7c8ccccc8c8ccccc87)cccc65)cc43)c2)cc1. The molecule has 0 saturated carbocycles. The monoisotopic (exact) mass is 649 g/mol. The number of benzene rings is 8. The van der Waals surface area contributed by atoms with Crippen LogP contribution >= 0.6 is 0 Å². The Bertz CT molecular complexity index is 3080. The zero-order valence-electron chi connectivity index (χ0n) is 27.7. The summed E-state index contributed by atoms with van der Waals surface area (Å²) in [4.78, 5) is 0. The van der Waals surface area contributed by atoms with Gasteiger partial charge in [-0.1, -0.05) is 127 Å². The lowest BCUT2D eigenvalue weighted by atomic mass is 10.1. The molecule has 0 N–H and O–H groups in total. The summed E-state index contributed by atoms with van der Waals surface area (Å²) in [5.41, 5.74) is 13.1. The van der Waals surface area contributed by atoms with Crippen molar-refractivity contribution < 1.29 is 0 Å². The Morgan fingerprint density at radius 2 is 0.725 bits per heavy atom. The van der Waals surface area contributed by atoms with Gasteiger partial charge >= 0.3 is 0 Å². The fraction of sp³-hybridized carbons (Fsp3) is 0. The molecule has 8 aromatic carbocycles. The summed E-state index contributed by atoms with van der Waals surface area (Å²) >= 11 is 0. The minimum Gasteiger partial charge on any atom is -0.309 e. The maximum Gasteiger partial charge on any atom is 0.0562 e. The molecular formula is C48H31N3. The molecule has 0 unspecified atom stereocenters. The molecule has 3 aromatic heterocycles. The molecule has 3 nitrogen and oxygen atoms in total. The first-order chi connectivity index (χ1) is 25.3. The maximum absolute atomic E-state index is 2.45. The molecule has 0 radical (unpaired) electrons. The number of nitrogens with zero attached hydrogens (tertiary/aromatic N) is 3. The van der Waals surface area contributed by atoms with Crippen molar-refractivity contribution in [3.63, 3.8) is 0 Å². The van der Waals surface area contributed by atoms with Gasteiger partial charge in [-0.05, 0) is 71.8 Å². The second kappa shape index (κ2) is 10.8. The van der Waals surface area contributed by atoms with E-state index in [1.165, 1.54) is 82.2 Å². The van der Waals surface area contributed by atoms with Crippen LogP contribution in [0.1, 0.15) is 0 Å². The van der Waals surface area contributed by atoms with Crippen LogP contribution in [-0.2, 0) is 0 Å². The van der Waals surface area contributed by atoms with Crippen molar-refractivity contribution >= 4 is 65.4 Å². The standard InChI is InChI=1S/C48H31N3/c1-2-14-32(15-3-1)33-16-12-17-34(30-33)50-41-22-8-4-20-38(41)39-29-28-35(31-47(39)50)49-44-25-11-7-21-40(44)48-45(49)26-13-27-46(48)51-42-23-9-5-18-36(42)37-19-6-10-24-43(37)51/h1-31H. The lowest BCUT2D eigenvalue weighted by Crippen LogP contribution is -1.98. The second-order valence-electron chi connectivity index (χ2n) is 13.4. The third-order valence-corrected chi connectivity index (χ3v) is 10.6. The van der Waals surface area contributed by atoms with Gasteiger partial charge in [-0.25, -0.2) is 0 Å². The minimum absolute atomic E-state index is 1.14. The van der Waals surface area contributed by atoms with Crippen molar-refractivity contribution in [1.29, 1.82) is 0 Å². The molecular weight excluding hydrogens is 619 g/mol. The van der Waals surface area contributed by atoms with Crippen molar-refractivity contribution in [2.24, 2.45) is 0 Å². The summed E-state index contributed by atoms with van der Waals surface area (Å²) in [6.45, 7) is 0. The topological polar surface area (TPSA) is 14.8 Å². The zero-order valence-corrected chi connectivity index (χ0v) is 27.7. The molecule has 51 heavy (non-hydrogen) atoms. The Balaban J connectivity index is 1.20. The second-order valence-corrected chi connectivity index (χ2v) is 13.4. The molecule has 0 amide bonds. The molecule has 0 aliphatic heterocycles. The molecule has 0 atom stereocenters. The summed E-state index contributed by atoms with van der Waals surface area (Å²) in [7, 11) is 0. The van der Waals surface area contributed by atoms with Crippen molar-refractivity contribution in [3.05, 3.63) is 188 Å². The quantitative estimate of drug-likeness (QED) is 0.180. The molecule has 238 valence electrons. The van der Waals surface area contributed by atoms with E-state index in [2.05, 4.69) is 202 Å². The minimum atomic E-state index is 1.14. The number of rotatable bonds is 4. The van der Waals surface area contributed by atoms with E-state index >= 15 is 0 Å². The van der Waals surface area contributed by atoms with Crippen LogP contribution in [-0.4, -0.2) is 13.7 Å². The summed E-state index contributed by atoms with van der Waals surface area (Å²) in [6.07, 6.45) is 0. The van der Waals surface area contributed by atoms with Crippen molar-refractivity contribution in [2.75, 3.05) is 0 Å². The lowest BCUT2D eigenvalue weighted by Gasteiger charge is -2.13. The first kappa shape index (κ1) is 28.0. The van der Waals surface area contributed by atoms with E-state index in [1.807, 2.05) is 0 Å². The van der Waals surface area contributed by atoms with Crippen LogP contribution in [0.3, 0.4) is 0 Å². The zero-order chi connectivity index (χ0) is 33.5. The first-order valence-corrected chi connectivity index (χ1v) is 17.5. The third-order valence-electron chi connectivity index (χ3n) is 10.6. The van der Waals surface area contributed by atoms with Crippen LogP contribution in [0.25, 0.3) is 93.6 Å². The van der Waals surface area contributed by atoms with Crippen LogP contribution in [0.4, 0.5) is 0 Å². The normalized spacial score (nSPS) is 11.9. The van der Waals surface area contributed by atoms with E-state index in [4.69, 9.17) is 0 Å². The van der Waals surface area contributed by atoms with E-state index in [0.29, 0.717) is 0 Å². The van der Waals surface area contributed by atoms with Gasteiger partial charge in [-0.3, -0.25) is 0 Å². The van der Waals surface area contributed by atoms with Gasteiger partial charge in [0.2, 0.25) is 0 Å². The van der Waals surface area contributed by atoms with E-state index in [0.717, 1.165) is 11.4 Å². The molecule has 0 bridgehead atoms. The number of aromatic nitrogens is 3. The predicted octanol–water partition coefficient (Wildman–Crippen LogP) is 12.6.